The Morgan fingerprint density at radius 2 is 1.52 bits per heavy atom. The molecule has 0 aliphatic carbocycles. The molecule has 2 amide bonds. The molecule has 1 aromatic carbocycles. The van der Waals surface area contributed by atoms with Crippen molar-refractivity contribution in [3.63, 3.8) is 0 Å². The van der Waals surface area contributed by atoms with E-state index < -0.39 is 0 Å². The van der Waals surface area contributed by atoms with Gasteiger partial charge in [-0.25, -0.2) is 4.98 Å². The van der Waals surface area contributed by atoms with Crippen LogP contribution in [0.1, 0.15) is 52.9 Å². The van der Waals surface area contributed by atoms with Gasteiger partial charge >= 0.3 is 0 Å². The molecule has 148 valence electrons. The van der Waals surface area contributed by atoms with Crippen molar-refractivity contribution in [2.45, 2.75) is 32.7 Å². The number of pyridine rings is 2. The number of carbonyl (C=O) groups excluding carboxylic acids is 2. The molecule has 3 aromatic rings. The van der Waals surface area contributed by atoms with E-state index in [2.05, 4.69) is 41.4 Å². The zero-order valence-corrected chi connectivity index (χ0v) is 16.8. The van der Waals surface area contributed by atoms with Gasteiger partial charge in [-0.1, -0.05) is 45.0 Å². The van der Waals surface area contributed by atoms with E-state index in [0.717, 1.165) is 16.8 Å². The number of anilines is 1. The predicted molar refractivity (Wildman–Crippen MR) is 113 cm³/mol. The highest BCUT2D eigenvalue weighted by Crippen LogP contribution is 2.29. The fourth-order valence-electron chi connectivity index (χ4n) is 2.89. The minimum absolute atomic E-state index is 0.119. The van der Waals surface area contributed by atoms with Crippen LogP contribution in [0.15, 0.2) is 67.0 Å². The van der Waals surface area contributed by atoms with Crippen molar-refractivity contribution < 1.29 is 9.59 Å². The number of aromatic nitrogens is 2. The quantitative estimate of drug-likeness (QED) is 0.693. The number of benzene rings is 1. The number of nitrogens with zero attached hydrogens (tertiary/aromatic N) is 2. The number of carbonyl (C=O) groups is 2. The van der Waals surface area contributed by atoms with Gasteiger partial charge in [0, 0.05) is 24.6 Å². The summed E-state index contributed by atoms with van der Waals surface area (Å²) >= 11 is 0. The van der Waals surface area contributed by atoms with Crippen LogP contribution in [0.4, 0.5) is 5.69 Å². The van der Waals surface area contributed by atoms with Gasteiger partial charge in [0.15, 0.2) is 0 Å². The first kappa shape index (κ1) is 20.2. The summed E-state index contributed by atoms with van der Waals surface area (Å²) in [6.45, 7) is 6.62. The van der Waals surface area contributed by atoms with Gasteiger partial charge < -0.3 is 10.6 Å². The molecule has 2 aromatic heterocycles. The lowest BCUT2D eigenvalue weighted by Gasteiger charge is -2.22. The van der Waals surface area contributed by atoms with Crippen LogP contribution < -0.4 is 10.6 Å². The predicted octanol–water partition coefficient (Wildman–Crippen LogP) is 3.96. The fourth-order valence-corrected chi connectivity index (χ4v) is 2.89. The van der Waals surface area contributed by atoms with Crippen LogP contribution in [-0.4, -0.2) is 21.8 Å². The van der Waals surface area contributed by atoms with Crippen molar-refractivity contribution in [1.82, 2.24) is 15.3 Å². The topological polar surface area (TPSA) is 84.0 Å². The third-order valence-corrected chi connectivity index (χ3v) is 4.40. The number of para-hydroxylation sites is 1. The fraction of sp³-hybridized carbons (Fsp3) is 0.217. The second kappa shape index (κ2) is 8.65. The molecule has 0 saturated carbocycles. The van der Waals surface area contributed by atoms with E-state index in [0.29, 0.717) is 6.54 Å². The van der Waals surface area contributed by atoms with Crippen molar-refractivity contribution in [2.24, 2.45) is 0 Å². The summed E-state index contributed by atoms with van der Waals surface area (Å²) in [6, 6.07) is 16.2. The summed E-state index contributed by atoms with van der Waals surface area (Å²) in [4.78, 5) is 33.3. The van der Waals surface area contributed by atoms with Gasteiger partial charge in [-0.3, -0.25) is 14.6 Å². The van der Waals surface area contributed by atoms with Gasteiger partial charge in [0.2, 0.25) is 0 Å². The number of amides is 2. The molecule has 0 aliphatic heterocycles. The Morgan fingerprint density at radius 3 is 2.21 bits per heavy atom. The minimum Gasteiger partial charge on any atom is -0.347 e. The summed E-state index contributed by atoms with van der Waals surface area (Å²) in [7, 11) is 0. The Hall–Kier alpha value is -3.54. The Balaban J connectivity index is 1.72. The van der Waals surface area contributed by atoms with Gasteiger partial charge in [-0.2, -0.15) is 0 Å². The number of rotatable bonds is 5. The van der Waals surface area contributed by atoms with Gasteiger partial charge in [-0.15, -0.1) is 0 Å². The molecule has 0 fully saturated rings. The average molecular weight is 388 g/mol. The van der Waals surface area contributed by atoms with Crippen molar-refractivity contribution in [1.29, 1.82) is 0 Å². The number of hydrogen-bond donors (Lipinski definition) is 2. The maximum absolute atomic E-state index is 12.7. The van der Waals surface area contributed by atoms with Crippen molar-refractivity contribution in [2.75, 3.05) is 5.32 Å². The Kier molecular flexibility index (Phi) is 6.02. The molecule has 29 heavy (non-hydrogen) atoms. The van der Waals surface area contributed by atoms with E-state index >= 15 is 0 Å². The largest absolute Gasteiger partial charge is 0.347 e. The molecule has 0 spiro atoms. The lowest BCUT2D eigenvalue weighted by atomic mass is 9.86. The van der Waals surface area contributed by atoms with Crippen LogP contribution in [-0.2, 0) is 12.0 Å². The van der Waals surface area contributed by atoms with Crippen molar-refractivity contribution in [3.8, 4) is 0 Å². The molecule has 0 unspecified atom stereocenters. The Bertz CT molecular complexity index is 1010. The molecule has 6 heteroatoms. The first-order valence-electron chi connectivity index (χ1n) is 9.39. The van der Waals surface area contributed by atoms with Crippen LogP contribution in [0.2, 0.25) is 0 Å². The van der Waals surface area contributed by atoms with E-state index in [9.17, 15) is 9.59 Å². The molecule has 2 N–H and O–H groups in total. The molecule has 0 aliphatic rings. The zero-order chi connectivity index (χ0) is 20.9. The number of nitrogens with one attached hydrogen (secondary N) is 2. The minimum atomic E-state index is -0.356. The second-order valence-corrected chi connectivity index (χ2v) is 7.70. The Morgan fingerprint density at radius 1 is 0.862 bits per heavy atom. The normalized spacial score (nSPS) is 11.0. The highest BCUT2D eigenvalue weighted by atomic mass is 16.2. The van der Waals surface area contributed by atoms with E-state index in [1.54, 1.807) is 30.6 Å². The van der Waals surface area contributed by atoms with E-state index in [1.165, 1.54) is 0 Å². The molecule has 0 atom stereocenters. The smallest absolute Gasteiger partial charge is 0.274 e. The highest BCUT2D eigenvalue weighted by Gasteiger charge is 2.19. The monoisotopic (exact) mass is 388 g/mol. The first-order chi connectivity index (χ1) is 13.8. The third-order valence-electron chi connectivity index (χ3n) is 4.40. The summed E-state index contributed by atoms with van der Waals surface area (Å²) < 4.78 is 0. The highest BCUT2D eigenvalue weighted by molar-refractivity contribution is 6.04. The average Bonchev–Trinajstić information content (AvgIpc) is 2.72. The van der Waals surface area contributed by atoms with E-state index in [-0.39, 0.29) is 28.6 Å². The molecular formula is C23H24N4O2. The molecule has 6 nitrogen and oxygen atoms in total. The molecule has 2 heterocycles. The van der Waals surface area contributed by atoms with Crippen LogP contribution in [0.3, 0.4) is 0 Å². The maximum Gasteiger partial charge on any atom is 0.274 e. The van der Waals surface area contributed by atoms with Crippen molar-refractivity contribution >= 4 is 17.5 Å². The van der Waals surface area contributed by atoms with Gasteiger partial charge in [0.25, 0.3) is 11.8 Å². The van der Waals surface area contributed by atoms with Gasteiger partial charge in [0.1, 0.15) is 11.4 Å². The lowest BCUT2D eigenvalue weighted by molar-refractivity contribution is 0.0945. The van der Waals surface area contributed by atoms with E-state index in [4.69, 9.17) is 0 Å². The molecule has 0 saturated heterocycles. The summed E-state index contributed by atoms with van der Waals surface area (Å²) in [5.74, 6) is -0.697. The summed E-state index contributed by atoms with van der Waals surface area (Å²) in [6.07, 6.45) is 3.33. The van der Waals surface area contributed by atoms with Crippen LogP contribution in [0.25, 0.3) is 0 Å². The van der Waals surface area contributed by atoms with Gasteiger partial charge in [-0.05, 0) is 46.9 Å². The van der Waals surface area contributed by atoms with Crippen LogP contribution >= 0.6 is 0 Å². The van der Waals surface area contributed by atoms with Crippen LogP contribution in [0, 0.1) is 0 Å². The summed E-state index contributed by atoms with van der Waals surface area (Å²) in [5.41, 5.74) is 2.95. The molecule has 3 rings (SSSR count). The second-order valence-electron chi connectivity index (χ2n) is 7.70. The van der Waals surface area contributed by atoms with Gasteiger partial charge in [0.05, 0.1) is 0 Å². The van der Waals surface area contributed by atoms with E-state index in [1.807, 2.05) is 36.4 Å². The first-order valence-corrected chi connectivity index (χ1v) is 9.39. The third kappa shape index (κ3) is 5.25. The molecular weight excluding hydrogens is 364 g/mol. The van der Waals surface area contributed by atoms with Crippen LogP contribution in [0.5, 0.6) is 0 Å². The molecule has 0 radical (unpaired) electrons. The standard InChI is InChI=1S/C23H24N4O2/c1-23(2,3)17-7-4-5-8-18(17)27-22(29)20-10-6-9-19(26-20)21(28)25-15-16-11-13-24-14-12-16/h4-14H,15H2,1-3H3,(H,25,28)(H,27,29). The number of hydrogen-bond acceptors (Lipinski definition) is 4. The summed E-state index contributed by atoms with van der Waals surface area (Å²) in [5, 5.41) is 5.72. The van der Waals surface area contributed by atoms with Crippen molar-refractivity contribution in [3.05, 3.63) is 89.5 Å². The Labute approximate surface area is 170 Å². The maximum atomic E-state index is 12.7. The molecule has 0 bridgehead atoms. The zero-order valence-electron chi connectivity index (χ0n) is 16.8. The SMILES string of the molecule is CC(C)(C)c1ccccc1NC(=O)c1cccc(C(=O)NCc2ccncc2)n1. The lowest BCUT2D eigenvalue weighted by Crippen LogP contribution is -2.25.